The lowest BCUT2D eigenvalue weighted by Gasteiger charge is -2.26. The van der Waals surface area contributed by atoms with Crippen LogP contribution in [0.5, 0.6) is 0 Å². The number of aromatic nitrogens is 3. The Morgan fingerprint density at radius 3 is 2.75 bits per heavy atom. The average molecular weight is 492 g/mol. The van der Waals surface area contributed by atoms with Gasteiger partial charge in [0.05, 0.1) is 33.0 Å². The van der Waals surface area contributed by atoms with Gasteiger partial charge in [-0.2, -0.15) is 5.26 Å². The fraction of sp³-hybridized carbons (Fsp3) is 0.111. The van der Waals surface area contributed by atoms with Crippen molar-refractivity contribution in [3.8, 4) is 6.07 Å². The molecule has 0 saturated carbocycles. The first kappa shape index (κ1) is 21.8. The summed E-state index contributed by atoms with van der Waals surface area (Å²) in [6.07, 6.45) is 4.61. The fourth-order valence-electron chi connectivity index (χ4n) is 4.33. The van der Waals surface area contributed by atoms with E-state index in [0.29, 0.717) is 24.3 Å². The van der Waals surface area contributed by atoms with Crippen molar-refractivity contribution < 1.29 is 4.79 Å². The van der Waals surface area contributed by atoms with Crippen LogP contribution in [0.3, 0.4) is 0 Å². The van der Waals surface area contributed by atoms with Crippen LogP contribution in [0.1, 0.15) is 17.7 Å². The molecular weight excluding hydrogens is 470 g/mol. The number of carbonyl (C=O) groups excluding carboxylic acids is 1. The lowest BCUT2D eigenvalue weighted by molar-refractivity contribution is 0.217. The smallest absolute Gasteiger partial charge is 0.322 e. The minimum atomic E-state index is -0.155. The topological polar surface area (TPSA) is 110 Å². The van der Waals surface area contributed by atoms with E-state index in [1.54, 1.807) is 46.7 Å². The Morgan fingerprint density at radius 2 is 1.94 bits per heavy atom. The number of hydrogen-bond donors (Lipinski definition) is 3. The van der Waals surface area contributed by atoms with Crippen LogP contribution in [0.4, 0.5) is 21.9 Å². The highest BCUT2D eigenvalue weighted by atomic mass is 32.1. The van der Waals surface area contributed by atoms with E-state index in [4.69, 9.17) is 5.26 Å². The summed E-state index contributed by atoms with van der Waals surface area (Å²) in [5, 5.41) is 16.4. The van der Waals surface area contributed by atoms with Crippen LogP contribution in [0.15, 0.2) is 72.4 Å². The van der Waals surface area contributed by atoms with Gasteiger partial charge in [-0.3, -0.25) is 0 Å². The molecule has 176 valence electrons. The number of carbonyl (C=O) groups is 1. The van der Waals surface area contributed by atoms with Crippen molar-refractivity contribution in [1.82, 2.24) is 19.9 Å². The number of H-pyrrole nitrogens is 1. The van der Waals surface area contributed by atoms with Gasteiger partial charge in [-0.05, 0) is 66.6 Å². The number of thiazole rings is 1. The van der Waals surface area contributed by atoms with Gasteiger partial charge in [0.2, 0.25) is 0 Å². The van der Waals surface area contributed by atoms with Crippen molar-refractivity contribution in [1.29, 1.82) is 5.26 Å². The van der Waals surface area contributed by atoms with E-state index in [1.165, 1.54) is 0 Å². The molecule has 0 aliphatic carbocycles. The third-order valence-corrected chi connectivity index (χ3v) is 7.04. The quantitative estimate of drug-likeness (QED) is 0.281. The predicted molar refractivity (Wildman–Crippen MR) is 143 cm³/mol. The highest BCUT2D eigenvalue weighted by Crippen LogP contribution is 2.31. The van der Waals surface area contributed by atoms with E-state index in [9.17, 15) is 4.79 Å². The van der Waals surface area contributed by atoms with Gasteiger partial charge in [-0.25, -0.2) is 14.8 Å². The minimum absolute atomic E-state index is 0.155. The first-order chi connectivity index (χ1) is 17.7. The molecule has 1 aliphatic rings. The Bertz CT molecular complexity index is 1660. The predicted octanol–water partition coefficient (Wildman–Crippen LogP) is 6.11. The van der Waals surface area contributed by atoms with Crippen LogP contribution >= 0.6 is 11.3 Å². The molecule has 3 N–H and O–H groups in total. The molecular formula is C27H21N7OS. The molecule has 0 saturated heterocycles. The first-order valence-electron chi connectivity index (χ1n) is 11.5. The standard InChI is InChI=1S/C27H21N7OS/c28-15-17-1-3-19(4-2-17)32-27(35)34-11-8-18(9-12-34)24-14-21-22(7-10-29-26(21)33-24)31-20-5-6-23-25(13-20)36-16-30-23/h1-8,10,13-14,16H,9,11-12H2,(H,32,35)(H2,29,31,33). The van der Waals surface area contributed by atoms with E-state index in [1.807, 2.05) is 23.7 Å². The summed E-state index contributed by atoms with van der Waals surface area (Å²) in [4.78, 5) is 26.8. The Morgan fingerprint density at radius 1 is 1.08 bits per heavy atom. The molecule has 0 radical (unpaired) electrons. The van der Waals surface area contributed by atoms with Crippen molar-refractivity contribution in [3.63, 3.8) is 0 Å². The zero-order valence-electron chi connectivity index (χ0n) is 19.2. The largest absolute Gasteiger partial charge is 0.355 e. The molecule has 5 aromatic rings. The third-order valence-electron chi connectivity index (χ3n) is 6.25. The Hall–Kier alpha value is -4.68. The molecule has 0 unspecified atom stereocenters. The van der Waals surface area contributed by atoms with Crippen molar-refractivity contribution in [2.45, 2.75) is 6.42 Å². The summed E-state index contributed by atoms with van der Waals surface area (Å²) in [5.74, 6) is 0. The molecule has 2 aromatic carbocycles. The van der Waals surface area contributed by atoms with E-state index >= 15 is 0 Å². The molecule has 0 atom stereocenters. The summed E-state index contributed by atoms with van der Waals surface area (Å²) in [6.45, 7) is 1.12. The molecule has 2 amide bonds. The molecule has 6 rings (SSSR count). The minimum Gasteiger partial charge on any atom is -0.355 e. The van der Waals surface area contributed by atoms with E-state index in [-0.39, 0.29) is 6.03 Å². The van der Waals surface area contributed by atoms with Crippen molar-refractivity contribution in [2.75, 3.05) is 23.7 Å². The highest BCUT2D eigenvalue weighted by Gasteiger charge is 2.19. The number of amides is 2. The van der Waals surface area contributed by atoms with E-state index in [0.717, 1.165) is 50.3 Å². The Labute approximate surface area is 210 Å². The highest BCUT2D eigenvalue weighted by molar-refractivity contribution is 7.16. The van der Waals surface area contributed by atoms with Gasteiger partial charge in [0.25, 0.3) is 0 Å². The van der Waals surface area contributed by atoms with Crippen LogP contribution in [0.25, 0.3) is 26.8 Å². The lowest BCUT2D eigenvalue weighted by Crippen LogP contribution is -2.37. The van der Waals surface area contributed by atoms with Gasteiger partial charge in [-0.15, -0.1) is 11.3 Å². The number of rotatable bonds is 4. The van der Waals surface area contributed by atoms with Crippen LogP contribution < -0.4 is 10.6 Å². The number of anilines is 3. The molecule has 36 heavy (non-hydrogen) atoms. The summed E-state index contributed by atoms with van der Waals surface area (Å²) >= 11 is 1.62. The molecule has 8 nitrogen and oxygen atoms in total. The lowest BCUT2D eigenvalue weighted by atomic mass is 10.0. The molecule has 0 spiro atoms. The Kier molecular flexibility index (Phi) is 5.56. The maximum atomic E-state index is 12.7. The van der Waals surface area contributed by atoms with Crippen LogP contribution in [0.2, 0.25) is 0 Å². The number of benzene rings is 2. The van der Waals surface area contributed by atoms with Crippen LogP contribution in [0, 0.1) is 11.3 Å². The number of aromatic amines is 1. The third kappa shape index (κ3) is 4.26. The number of urea groups is 1. The van der Waals surface area contributed by atoms with Gasteiger partial charge >= 0.3 is 6.03 Å². The van der Waals surface area contributed by atoms with Gasteiger partial charge in [0.15, 0.2) is 0 Å². The second-order valence-electron chi connectivity index (χ2n) is 8.51. The van der Waals surface area contributed by atoms with Crippen LogP contribution in [-0.2, 0) is 0 Å². The number of nitrogens with one attached hydrogen (secondary N) is 3. The number of nitriles is 1. The number of pyridine rings is 1. The number of nitrogens with zero attached hydrogens (tertiary/aromatic N) is 4. The summed E-state index contributed by atoms with van der Waals surface area (Å²) in [7, 11) is 0. The molecule has 1 aliphatic heterocycles. The zero-order chi connectivity index (χ0) is 24.5. The average Bonchev–Trinajstić information content (AvgIpc) is 3.57. The first-order valence-corrected chi connectivity index (χ1v) is 12.4. The monoisotopic (exact) mass is 491 g/mol. The maximum absolute atomic E-state index is 12.7. The molecule has 0 bridgehead atoms. The maximum Gasteiger partial charge on any atom is 0.322 e. The summed E-state index contributed by atoms with van der Waals surface area (Å²) in [6, 6.07) is 19.0. The van der Waals surface area contributed by atoms with Crippen molar-refractivity contribution in [2.24, 2.45) is 0 Å². The molecule has 0 fully saturated rings. The number of fused-ring (bicyclic) bond motifs is 2. The molecule has 3 aromatic heterocycles. The second kappa shape index (κ2) is 9.17. The fourth-order valence-corrected chi connectivity index (χ4v) is 5.04. The Balaban J connectivity index is 1.17. The van der Waals surface area contributed by atoms with E-state index in [2.05, 4.69) is 49.9 Å². The van der Waals surface area contributed by atoms with Gasteiger partial charge < -0.3 is 20.5 Å². The summed E-state index contributed by atoms with van der Waals surface area (Å²) in [5.41, 5.74) is 9.05. The van der Waals surface area contributed by atoms with Crippen LogP contribution in [-0.4, -0.2) is 39.0 Å². The zero-order valence-corrected chi connectivity index (χ0v) is 20.0. The molecule has 4 heterocycles. The van der Waals surface area contributed by atoms with Gasteiger partial charge in [0, 0.05) is 41.7 Å². The molecule has 9 heteroatoms. The van der Waals surface area contributed by atoms with Crippen molar-refractivity contribution >= 4 is 61.3 Å². The second-order valence-corrected chi connectivity index (χ2v) is 9.39. The van der Waals surface area contributed by atoms with Gasteiger partial charge in [-0.1, -0.05) is 6.08 Å². The van der Waals surface area contributed by atoms with E-state index < -0.39 is 0 Å². The number of hydrogen-bond acceptors (Lipinski definition) is 6. The van der Waals surface area contributed by atoms with Crippen molar-refractivity contribution in [3.05, 3.63) is 83.6 Å². The SMILES string of the molecule is N#Cc1ccc(NC(=O)N2CC=C(c3cc4c(Nc5ccc6ncsc6c5)ccnc4[nH]3)CC2)cc1. The normalized spacial score (nSPS) is 13.4. The summed E-state index contributed by atoms with van der Waals surface area (Å²) < 4.78 is 1.14. The van der Waals surface area contributed by atoms with Gasteiger partial charge in [0.1, 0.15) is 5.65 Å².